The second-order valence-electron chi connectivity index (χ2n) is 3.95. The van der Waals surface area contributed by atoms with Gasteiger partial charge < -0.3 is 5.32 Å². The second kappa shape index (κ2) is 5.27. The largest absolute Gasteiger partial charge is 0.376 e. The molecule has 2 rings (SSSR count). The number of hydrogen-bond donors (Lipinski definition) is 1. The summed E-state index contributed by atoms with van der Waals surface area (Å²) >= 11 is 1.75. The van der Waals surface area contributed by atoms with Crippen LogP contribution in [0.25, 0.3) is 0 Å². The topological polar surface area (TPSA) is 29.9 Å². The summed E-state index contributed by atoms with van der Waals surface area (Å²) in [6.45, 7) is 2.15. The Kier molecular flexibility index (Phi) is 3.74. The number of aromatic nitrogens is 2. The minimum absolute atomic E-state index is 0.246. The van der Waals surface area contributed by atoms with Crippen LogP contribution in [0, 0.1) is 0 Å². The lowest BCUT2D eigenvalue weighted by Gasteiger charge is -2.17. The van der Waals surface area contributed by atoms with Gasteiger partial charge in [-0.1, -0.05) is 12.1 Å². The molecule has 0 saturated carbocycles. The zero-order valence-electron chi connectivity index (χ0n) is 10.3. The Labute approximate surface area is 106 Å². The fraction of sp³-hybridized carbons (Fsp3) is 0.308. The van der Waals surface area contributed by atoms with Crippen molar-refractivity contribution in [3.63, 3.8) is 0 Å². The maximum atomic E-state index is 4.19. The number of nitrogens with one attached hydrogen (secondary N) is 1. The summed E-state index contributed by atoms with van der Waals surface area (Å²) in [5, 5.41) is 7.72. The summed E-state index contributed by atoms with van der Waals surface area (Å²) in [5.74, 6) is 0. The van der Waals surface area contributed by atoms with E-state index in [4.69, 9.17) is 0 Å². The molecule has 0 amide bonds. The van der Waals surface area contributed by atoms with Crippen molar-refractivity contribution in [2.75, 3.05) is 11.6 Å². The molecule has 2 aromatic rings. The number of anilines is 1. The standard InChI is InChI=1S/C13H17N3S/c1-10(12-8-9-14-16(12)2)15-11-6-4-5-7-13(11)17-3/h4-10,15H,1-3H3. The van der Waals surface area contributed by atoms with Gasteiger partial charge in [-0.25, -0.2) is 0 Å². The van der Waals surface area contributed by atoms with Gasteiger partial charge in [0, 0.05) is 23.8 Å². The van der Waals surface area contributed by atoms with Gasteiger partial charge in [0.1, 0.15) is 0 Å². The second-order valence-corrected chi connectivity index (χ2v) is 4.79. The number of rotatable bonds is 4. The summed E-state index contributed by atoms with van der Waals surface area (Å²) in [5.41, 5.74) is 2.36. The summed E-state index contributed by atoms with van der Waals surface area (Å²) in [7, 11) is 1.97. The summed E-state index contributed by atoms with van der Waals surface area (Å²) < 4.78 is 1.90. The SMILES string of the molecule is CSc1ccccc1NC(C)c1ccnn1C. The molecule has 17 heavy (non-hydrogen) atoms. The van der Waals surface area contributed by atoms with Crippen LogP contribution >= 0.6 is 11.8 Å². The van der Waals surface area contributed by atoms with Gasteiger partial charge in [0.05, 0.1) is 11.7 Å². The Balaban J connectivity index is 2.18. The Hall–Kier alpha value is -1.42. The molecule has 0 aliphatic heterocycles. The molecule has 0 spiro atoms. The molecule has 90 valence electrons. The van der Waals surface area contributed by atoms with Crippen molar-refractivity contribution in [1.82, 2.24) is 9.78 Å². The van der Waals surface area contributed by atoms with Crippen LogP contribution in [0.5, 0.6) is 0 Å². The van der Waals surface area contributed by atoms with Crippen LogP contribution < -0.4 is 5.32 Å². The van der Waals surface area contributed by atoms with E-state index in [1.165, 1.54) is 16.3 Å². The summed E-state index contributed by atoms with van der Waals surface area (Å²) in [6, 6.07) is 10.6. The van der Waals surface area contributed by atoms with Crippen LogP contribution in [0.1, 0.15) is 18.7 Å². The monoisotopic (exact) mass is 247 g/mol. The minimum atomic E-state index is 0.246. The minimum Gasteiger partial charge on any atom is -0.376 e. The molecule has 1 aromatic carbocycles. The third-order valence-corrected chi connectivity index (χ3v) is 3.58. The Bertz CT molecular complexity index is 493. The first-order valence-electron chi connectivity index (χ1n) is 5.60. The van der Waals surface area contributed by atoms with Gasteiger partial charge in [-0.05, 0) is 31.4 Å². The Morgan fingerprint density at radius 2 is 2.06 bits per heavy atom. The quantitative estimate of drug-likeness (QED) is 0.841. The normalized spacial score (nSPS) is 12.4. The molecule has 1 heterocycles. The van der Waals surface area contributed by atoms with E-state index >= 15 is 0 Å². The molecular formula is C13H17N3S. The lowest BCUT2D eigenvalue weighted by Crippen LogP contribution is -2.11. The average Bonchev–Trinajstić information content (AvgIpc) is 2.76. The predicted molar refractivity (Wildman–Crippen MR) is 73.5 cm³/mol. The molecule has 4 heteroatoms. The van der Waals surface area contributed by atoms with E-state index in [-0.39, 0.29) is 6.04 Å². The van der Waals surface area contributed by atoms with Gasteiger partial charge in [-0.2, -0.15) is 5.10 Å². The number of para-hydroxylation sites is 1. The molecule has 0 aliphatic rings. The van der Waals surface area contributed by atoms with Crippen molar-refractivity contribution in [3.8, 4) is 0 Å². The third kappa shape index (κ3) is 2.64. The third-order valence-electron chi connectivity index (χ3n) is 2.78. The number of thioether (sulfide) groups is 1. The highest BCUT2D eigenvalue weighted by Gasteiger charge is 2.10. The van der Waals surface area contributed by atoms with Crippen LogP contribution in [0.15, 0.2) is 41.4 Å². The number of nitrogens with zero attached hydrogens (tertiary/aromatic N) is 2. The van der Waals surface area contributed by atoms with Gasteiger partial charge in [-0.3, -0.25) is 4.68 Å². The van der Waals surface area contributed by atoms with Crippen molar-refractivity contribution >= 4 is 17.4 Å². The van der Waals surface area contributed by atoms with E-state index in [0.717, 1.165) is 0 Å². The van der Waals surface area contributed by atoms with Gasteiger partial charge in [0.15, 0.2) is 0 Å². The van der Waals surface area contributed by atoms with Gasteiger partial charge in [0.25, 0.3) is 0 Å². The lowest BCUT2D eigenvalue weighted by atomic mass is 10.2. The van der Waals surface area contributed by atoms with E-state index < -0.39 is 0 Å². The molecule has 3 nitrogen and oxygen atoms in total. The first-order valence-corrected chi connectivity index (χ1v) is 6.82. The van der Waals surface area contributed by atoms with E-state index in [2.05, 4.69) is 47.9 Å². The van der Waals surface area contributed by atoms with E-state index in [0.29, 0.717) is 0 Å². The van der Waals surface area contributed by atoms with Crippen molar-refractivity contribution in [2.45, 2.75) is 17.9 Å². The molecule has 0 radical (unpaired) electrons. The first kappa shape index (κ1) is 12.0. The van der Waals surface area contributed by atoms with Crippen molar-refractivity contribution in [3.05, 3.63) is 42.2 Å². The van der Waals surface area contributed by atoms with Crippen LogP contribution in [0.3, 0.4) is 0 Å². The number of benzene rings is 1. The van der Waals surface area contributed by atoms with Crippen LogP contribution in [-0.4, -0.2) is 16.0 Å². The molecular weight excluding hydrogens is 230 g/mol. The molecule has 1 N–H and O–H groups in total. The molecule has 1 atom stereocenters. The molecule has 1 aromatic heterocycles. The fourth-order valence-electron chi connectivity index (χ4n) is 1.88. The highest BCUT2D eigenvalue weighted by molar-refractivity contribution is 7.98. The number of aryl methyl sites for hydroxylation is 1. The van der Waals surface area contributed by atoms with Crippen LogP contribution in [0.4, 0.5) is 5.69 Å². The van der Waals surface area contributed by atoms with Gasteiger partial charge >= 0.3 is 0 Å². The maximum Gasteiger partial charge on any atom is 0.0654 e. The van der Waals surface area contributed by atoms with Gasteiger partial charge in [0.2, 0.25) is 0 Å². The average molecular weight is 247 g/mol. The Morgan fingerprint density at radius 3 is 2.71 bits per heavy atom. The summed E-state index contributed by atoms with van der Waals surface area (Å²) in [4.78, 5) is 1.27. The van der Waals surface area contributed by atoms with Crippen molar-refractivity contribution in [1.29, 1.82) is 0 Å². The van der Waals surface area contributed by atoms with E-state index in [9.17, 15) is 0 Å². The zero-order chi connectivity index (χ0) is 12.3. The van der Waals surface area contributed by atoms with Crippen molar-refractivity contribution in [2.24, 2.45) is 7.05 Å². The van der Waals surface area contributed by atoms with E-state index in [1.807, 2.05) is 24.0 Å². The Morgan fingerprint density at radius 1 is 1.29 bits per heavy atom. The maximum absolute atomic E-state index is 4.19. The highest BCUT2D eigenvalue weighted by atomic mass is 32.2. The fourth-order valence-corrected chi connectivity index (χ4v) is 2.44. The number of hydrogen-bond acceptors (Lipinski definition) is 3. The zero-order valence-corrected chi connectivity index (χ0v) is 11.2. The van der Waals surface area contributed by atoms with Crippen molar-refractivity contribution < 1.29 is 0 Å². The smallest absolute Gasteiger partial charge is 0.0654 e. The summed E-state index contributed by atoms with van der Waals surface area (Å²) in [6.07, 6.45) is 3.92. The van der Waals surface area contributed by atoms with Crippen LogP contribution in [0.2, 0.25) is 0 Å². The highest BCUT2D eigenvalue weighted by Crippen LogP contribution is 2.27. The predicted octanol–water partition coefficient (Wildman–Crippen LogP) is 3.32. The van der Waals surface area contributed by atoms with E-state index in [1.54, 1.807) is 11.8 Å². The van der Waals surface area contributed by atoms with Gasteiger partial charge in [-0.15, -0.1) is 11.8 Å². The molecule has 1 unspecified atom stereocenters. The lowest BCUT2D eigenvalue weighted by molar-refractivity contribution is 0.675. The molecule has 0 aliphatic carbocycles. The first-order chi connectivity index (χ1) is 8.22. The molecule has 0 bridgehead atoms. The van der Waals surface area contributed by atoms with Crippen LogP contribution in [-0.2, 0) is 7.05 Å². The molecule has 0 saturated heterocycles. The molecule has 0 fully saturated rings.